The molecule has 0 aromatic heterocycles. The second-order valence-electron chi connectivity index (χ2n) is 12.6. The molecule has 0 saturated heterocycles. The highest BCUT2D eigenvalue weighted by molar-refractivity contribution is 5.64. The summed E-state index contributed by atoms with van der Waals surface area (Å²) in [5.74, 6) is 2.72. The summed E-state index contributed by atoms with van der Waals surface area (Å²) >= 11 is 0. The van der Waals surface area contributed by atoms with E-state index in [1.54, 1.807) is 5.56 Å². The molecule has 0 heteroatoms. The van der Waals surface area contributed by atoms with E-state index in [-0.39, 0.29) is 0 Å². The Kier molecular flexibility index (Phi) is 15.2. The number of benzene rings is 2. The third-order valence-corrected chi connectivity index (χ3v) is 9.55. The van der Waals surface area contributed by atoms with Crippen molar-refractivity contribution in [2.24, 2.45) is 11.8 Å². The molecule has 1 aliphatic rings. The largest absolute Gasteiger partial charge is 0.0654 e. The molecule has 0 aliphatic heterocycles. The van der Waals surface area contributed by atoms with Crippen molar-refractivity contribution >= 4 is 0 Å². The Morgan fingerprint density at radius 2 is 1.11 bits per heavy atom. The van der Waals surface area contributed by atoms with Gasteiger partial charge in [0, 0.05) is 0 Å². The molecule has 38 heavy (non-hydrogen) atoms. The van der Waals surface area contributed by atoms with Gasteiger partial charge in [0.2, 0.25) is 0 Å². The summed E-state index contributed by atoms with van der Waals surface area (Å²) in [6, 6.07) is 19.0. The van der Waals surface area contributed by atoms with Crippen molar-refractivity contribution in [2.75, 3.05) is 0 Å². The third-order valence-electron chi connectivity index (χ3n) is 9.55. The van der Waals surface area contributed by atoms with Crippen LogP contribution in [-0.2, 0) is 6.42 Å². The minimum Gasteiger partial charge on any atom is -0.0654 e. The highest BCUT2D eigenvalue weighted by atomic mass is 14.3. The van der Waals surface area contributed by atoms with Crippen molar-refractivity contribution in [3.8, 4) is 11.1 Å². The number of aryl methyl sites for hydroxylation is 1. The molecule has 2 aromatic rings. The van der Waals surface area contributed by atoms with Gasteiger partial charge in [0.1, 0.15) is 0 Å². The number of unbranched alkanes of at least 4 members (excludes halogenated alkanes) is 10. The Hall–Kier alpha value is -1.56. The van der Waals surface area contributed by atoms with Gasteiger partial charge in [-0.2, -0.15) is 0 Å². The maximum atomic E-state index is 2.42. The summed E-state index contributed by atoms with van der Waals surface area (Å²) in [6.07, 6.45) is 28.1. The van der Waals surface area contributed by atoms with Crippen LogP contribution in [0.25, 0.3) is 11.1 Å². The molecule has 1 fully saturated rings. The number of hydrogen-bond acceptors (Lipinski definition) is 0. The van der Waals surface area contributed by atoms with Crippen LogP contribution in [0.3, 0.4) is 0 Å². The highest BCUT2D eigenvalue weighted by Gasteiger charge is 2.24. The van der Waals surface area contributed by atoms with E-state index < -0.39 is 0 Å². The maximum Gasteiger partial charge on any atom is -0.0162 e. The normalized spacial score (nSPS) is 18.5. The van der Waals surface area contributed by atoms with E-state index in [4.69, 9.17) is 0 Å². The zero-order chi connectivity index (χ0) is 26.8. The van der Waals surface area contributed by atoms with Crippen LogP contribution in [0.5, 0.6) is 0 Å². The minimum atomic E-state index is 0.777. The van der Waals surface area contributed by atoms with E-state index in [0.717, 1.165) is 17.8 Å². The minimum absolute atomic E-state index is 0.777. The lowest BCUT2D eigenvalue weighted by molar-refractivity contribution is 0.256. The average molecular weight is 517 g/mol. The van der Waals surface area contributed by atoms with E-state index in [0.29, 0.717) is 0 Å². The molecule has 0 amide bonds. The van der Waals surface area contributed by atoms with E-state index >= 15 is 0 Å². The van der Waals surface area contributed by atoms with Gasteiger partial charge < -0.3 is 0 Å². The van der Waals surface area contributed by atoms with E-state index in [1.807, 2.05) is 0 Å². The molecule has 1 saturated carbocycles. The van der Waals surface area contributed by atoms with Gasteiger partial charge in [-0.3, -0.25) is 0 Å². The second-order valence-corrected chi connectivity index (χ2v) is 12.6. The van der Waals surface area contributed by atoms with Gasteiger partial charge in [-0.05, 0) is 85.0 Å². The summed E-state index contributed by atoms with van der Waals surface area (Å²) in [4.78, 5) is 0. The van der Waals surface area contributed by atoms with Crippen molar-refractivity contribution < 1.29 is 0 Å². The lowest BCUT2D eigenvalue weighted by Crippen LogP contribution is -2.16. The average Bonchev–Trinajstić information content (AvgIpc) is 2.97. The lowest BCUT2D eigenvalue weighted by Gasteiger charge is -2.31. The molecule has 0 N–H and O–H groups in total. The monoisotopic (exact) mass is 516 g/mol. The van der Waals surface area contributed by atoms with Crippen molar-refractivity contribution in [1.29, 1.82) is 0 Å². The Balaban J connectivity index is 1.34. The van der Waals surface area contributed by atoms with Crippen molar-refractivity contribution in [1.82, 2.24) is 0 Å². The smallest absolute Gasteiger partial charge is 0.0162 e. The second kappa shape index (κ2) is 18.7. The van der Waals surface area contributed by atoms with E-state index in [1.165, 1.54) is 145 Å². The van der Waals surface area contributed by atoms with Crippen molar-refractivity contribution in [3.63, 3.8) is 0 Å². The summed E-state index contributed by atoms with van der Waals surface area (Å²) < 4.78 is 0. The van der Waals surface area contributed by atoms with Crippen molar-refractivity contribution in [3.05, 3.63) is 59.7 Å². The van der Waals surface area contributed by atoms with Gasteiger partial charge in [0.15, 0.2) is 0 Å². The molecule has 2 aromatic carbocycles. The first-order valence-electron chi connectivity index (χ1n) is 16.9. The Bertz CT molecular complexity index is 821. The van der Waals surface area contributed by atoms with Crippen LogP contribution in [0, 0.1) is 11.8 Å². The van der Waals surface area contributed by atoms with Crippen LogP contribution in [-0.4, -0.2) is 0 Å². The predicted octanol–water partition coefficient (Wildman–Crippen LogP) is 12.7. The zero-order valence-electron chi connectivity index (χ0n) is 25.5. The van der Waals surface area contributed by atoms with Crippen LogP contribution < -0.4 is 0 Å². The van der Waals surface area contributed by atoms with Gasteiger partial charge in [0.25, 0.3) is 0 Å². The molecule has 0 heterocycles. The standard InChI is InChI=1S/C38H60/c1-4-7-9-10-11-12-13-14-15-16-18-33-19-23-35(24-20-33)37-27-29-38(30-28-37)36-25-21-34(22-26-36)31-32(6-3)17-8-5-2/h19-20,23-24,27-30,32,34,36H,4-18,21-22,25-26,31H2,1-3H3. The lowest BCUT2D eigenvalue weighted by atomic mass is 9.74. The van der Waals surface area contributed by atoms with Crippen LogP contribution in [0.15, 0.2) is 48.5 Å². The SMILES string of the molecule is CCCCCCCCCCCCc1ccc(-c2ccc(C3CCC(CC(CC)CCCC)CC3)cc2)cc1. The summed E-state index contributed by atoms with van der Waals surface area (Å²) in [5.41, 5.74) is 5.81. The third kappa shape index (κ3) is 11.3. The summed E-state index contributed by atoms with van der Waals surface area (Å²) in [7, 11) is 0. The fourth-order valence-electron chi connectivity index (χ4n) is 6.81. The Morgan fingerprint density at radius 3 is 1.66 bits per heavy atom. The highest BCUT2D eigenvalue weighted by Crippen LogP contribution is 2.39. The number of hydrogen-bond donors (Lipinski definition) is 0. The molecule has 1 atom stereocenters. The topological polar surface area (TPSA) is 0 Å². The molecule has 3 rings (SSSR count). The molecule has 212 valence electrons. The van der Waals surface area contributed by atoms with Crippen LogP contribution in [0.4, 0.5) is 0 Å². The molecular weight excluding hydrogens is 456 g/mol. The molecule has 0 bridgehead atoms. The molecule has 0 spiro atoms. The fourth-order valence-corrected chi connectivity index (χ4v) is 6.81. The van der Waals surface area contributed by atoms with Crippen molar-refractivity contribution in [2.45, 2.75) is 155 Å². The van der Waals surface area contributed by atoms with Gasteiger partial charge in [0.05, 0.1) is 0 Å². The molecule has 1 unspecified atom stereocenters. The molecular formula is C38H60. The summed E-state index contributed by atoms with van der Waals surface area (Å²) in [6.45, 7) is 7.03. The van der Waals surface area contributed by atoms with Gasteiger partial charge in [-0.25, -0.2) is 0 Å². The van der Waals surface area contributed by atoms with E-state index in [2.05, 4.69) is 69.3 Å². The summed E-state index contributed by atoms with van der Waals surface area (Å²) in [5, 5.41) is 0. The predicted molar refractivity (Wildman–Crippen MR) is 170 cm³/mol. The van der Waals surface area contributed by atoms with Gasteiger partial charge in [-0.15, -0.1) is 0 Å². The van der Waals surface area contributed by atoms with Gasteiger partial charge >= 0.3 is 0 Å². The molecule has 0 nitrogen and oxygen atoms in total. The first kappa shape index (κ1) is 31.0. The maximum absolute atomic E-state index is 2.42. The first-order chi connectivity index (χ1) is 18.7. The van der Waals surface area contributed by atoms with Crippen LogP contribution in [0.2, 0.25) is 0 Å². The van der Waals surface area contributed by atoms with Crippen LogP contribution >= 0.6 is 0 Å². The zero-order valence-corrected chi connectivity index (χ0v) is 25.5. The quantitative estimate of drug-likeness (QED) is 0.163. The molecule has 1 aliphatic carbocycles. The molecule has 0 radical (unpaired) electrons. The van der Waals surface area contributed by atoms with E-state index in [9.17, 15) is 0 Å². The Labute approximate surface area is 237 Å². The Morgan fingerprint density at radius 1 is 0.579 bits per heavy atom. The van der Waals surface area contributed by atoms with Crippen LogP contribution in [0.1, 0.15) is 160 Å². The van der Waals surface area contributed by atoms with Gasteiger partial charge in [-0.1, -0.05) is 153 Å². The number of rotatable bonds is 19. The first-order valence-corrected chi connectivity index (χ1v) is 16.9. The fraction of sp³-hybridized carbons (Fsp3) is 0.684.